The van der Waals surface area contributed by atoms with Gasteiger partial charge in [0.15, 0.2) is 0 Å². The summed E-state index contributed by atoms with van der Waals surface area (Å²) in [7, 11) is 0. The Morgan fingerprint density at radius 2 is 1.17 bits per heavy atom. The standard InChI is InChI=1S/C71H61BN4O2/c1-68(2,3)41-25-28-44(29-26-41)76-55-35-47-46-34-50-51(71(9,10)32-31-70(50,7)8)37-60(46)77-59(47)36-49(55)63-64-65-61(62-45-23-17-18-24-58(45)78-66(62)63)48-33-42(69(4,5)6)27-30-54(48)75(65)56-39-57-53(38-52(56)72(64)76)73-67(40-19-13-11-14-20-40)74(57)43-21-15-12-16-22-43/h11-30,33-39H,31-32H2,1-10H3. The maximum Gasteiger partial charge on any atom is 0.333 e. The van der Waals surface area contributed by atoms with Gasteiger partial charge in [-0.2, -0.15) is 0 Å². The Hall–Kier alpha value is -8.29. The maximum atomic E-state index is 7.42. The van der Waals surface area contributed by atoms with Gasteiger partial charge in [0, 0.05) is 71.8 Å². The van der Waals surface area contributed by atoms with Crippen LogP contribution in [-0.2, 0) is 21.7 Å². The molecule has 0 atom stereocenters. The zero-order valence-electron chi connectivity index (χ0n) is 46.2. The number of fused-ring (bicyclic) bond motifs is 18. The lowest BCUT2D eigenvalue weighted by Crippen LogP contribution is -2.60. The summed E-state index contributed by atoms with van der Waals surface area (Å²) in [6.07, 6.45) is 2.28. The van der Waals surface area contributed by atoms with E-state index in [9.17, 15) is 0 Å². The first kappa shape index (κ1) is 45.9. The zero-order chi connectivity index (χ0) is 53.1. The Kier molecular flexibility index (Phi) is 8.97. The molecule has 6 heterocycles. The molecule has 380 valence electrons. The molecule has 0 radical (unpaired) electrons. The van der Waals surface area contributed by atoms with Gasteiger partial charge in [-0.05, 0) is 147 Å². The molecular formula is C71H61BN4O2. The number of aromatic nitrogens is 3. The smallest absolute Gasteiger partial charge is 0.333 e. The third kappa shape index (κ3) is 6.19. The first-order chi connectivity index (χ1) is 37.4. The summed E-state index contributed by atoms with van der Waals surface area (Å²) in [4.78, 5) is 8.31. The number of hydrogen-bond acceptors (Lipinski definition) is 4. The van der Waals surface area contributed by atoms with Crippen molar-refractivity contribution in [3.8, 4) is 33.9 Å². The molecule has 0 spiro atoms. The largest absolute Gasteiger partial charge is 0.456 e. The molecule has 7 heteroatoms. The van der Waals surface area contributed by atoms with Crippen molar-refractivity contribution in [2.75, 3.05) is 4.81 Å². The van der Waals surface area contributed by atoms with Crippen LogP contribution in [-0.4, -0.2) is 21.0 Å². The summed E-state index contributed by atoms with van der Waals surface area (Å²) in [6, 6.07) is 61.2. The molecule has 2 aliphatic heterocycles. The van der Waals surface area contributed by atoms with Gasteiger partial charge >= 0.3 is 6.85 Å². The van der Waals surface area contributed by atoms with Crippen LogP contribution in [0.25, 0.3) is 111 Å². The molecule has 1 aliphatic carbocycles. The summed E-state index contributed by atoms with van der Waals surface area (Å²) in [5, 5.41) is 6.99. The van der Waals surface area contributed by atoms with Crippen LogP contribution in [0.5, 0.6) is 0 Å². The zero-order valence-corrected chi connectivity index (χ0v) is 46.2. The molecule has 16 rings (SSSR count). The van der Waals surface area contributed by atoms with Crippen LogP contribution in [0.2, 0.25) is 0 Å². The Labute approximate surface area is 455 Å². The van der Waals surface area contributed by atoms with E-state index in [4.69, 9.17) is 13.8 Å². The Bertz CT molecular complexity index is 4740. The quantitative estimate of drug-likeness (QED) is 0.166. The highest BCUT2D eigenvalue weighted by Gasteiger charge is 2.47. The van der Waals surface area contributed by atoms with E-state index >= 15 is 0 Å². The van der Waals surface area contributed by atoms with Gasteiger partial charge in [0.1, 0.15) is 28.2 Å². The average molecular weight is 1010 g/mol. The topological polar surface area (TPSA) is 52.3 Å². The number of anilines is 2. The van der Waals surface area contributed by atoms with Crippen LogP contribution < -0.4 is 15.7 Å². The van der Waals surface area contributed by atoms with Gasteiger partial charge in [-0.25, -0.2) is 4.98 Å². The number of rotatable bonds is 3. The molecule has 3 aliphatic rings. The Balaban J connectivity index is 1.11. The molecule has 0 saturated carbocycles. The highest BCUT2D eigenvalue weighted by Crippen LogP contribution is 2.54. The van der Waals surface area contributed by atoms with Crippen LogP contribution in [0.15, 0.2) is 173 Å². The molecule has 0 N–H and O–H groups in total. The normalized spacial score (nSPS) is 15.6. The van der Waals surface area contributed by atoms with Gasteiger partial charge in [0.05, 0.1) is 22.1 Å². The molecule has 13 aromatic rings. The fourth-order valence-electron chi connectivity index (χ4n) is 14.2. The Morgan fingerprint density at radius 3 is 1.90 bits per heavy atom. The molecule has 0 amide bonds. The van der Waals surface area contributed by atoms with Crippen molar-refractivity contribution in [1.29, 1.82) is 0 Å². The molecule has 78 heavy (non-hydrogen) atoms. The Morgan fingerprint density at radius 1 is 0.513 bits per heavy atom. The molecule has 6 nitrogen and oxygen atoms in total. The lowest BCUT2D eigenvalue weighted by atomic mass is 9.43. The van der Waals surface area contributed by atoms with Crippen molar-refractivity contribution in [3.05, 3.63) is 186 Å². The lowest BCUT2D eigenvalue weighted by Gasteiger charge is -2.42. The summed E-state index contributed by atoms with van der Waals surface area (Å²) in [6.45, 7) is 23.2. The molecule has 4 aromatic heterocycles. The van der Waals surface area contributed by atoms with E-state index in [1.54, 1.807) is 0 Å². The van der Waals surface area contributed by atoms with Crippen LogP contribution in [0.4, 0.5) is 11.4 Å². The molecular weight excluding hydrogens is 952 g/mol. The van der Waals surface area contributed by atoms with E-state index < -0.39 is 0 Å². The first-order valence-electron chi connectivity index (χ1n) is 28.0. The van der Waals surface area contributed by atoms with E-state index in [1.165, 1.54) is 55.0 Å². The summed E-state index contributed by atoms with van der Waals surface area (Å²) >= 11 is 0. The third-order valence-corrected chi connectivity index (χ3v) is 18.4. The van der Waals surface area contributed by atoms with Crippen LogP contribution in [0, 0.1) is 0 Å². The van der Waals surface area contributed by atoms with Crippen molar-refractivity contribution < 1.29 is 8.83 Å². The van der Waals surface area contributed by atoms with Gasteiger partial charge < -0.3 is 18.2 Å². The predicted octanol–water partition coefficient (Wildman–Crippen LogP) is 17.8. The monoisotopic (exact) mass is 1010 g/mol. The van der Waals surface area contributed by atoms with Gasteiger partial charge in [-0.1, -0.05) is 154 Å². The van der Waals surface area contributed by atoms with Crippen molar-refractivity contribution in [3.63, 3.8) is 0 Å². The van der Waals surface area contributed by atoms with Crippen molar-refractivity contribution in [2.24, 2.45) is 0 Å². The summed E-state index contributed by atoms with van der Waals surface area (Å²) in [5.74, 6) is 0.908. The highest BCUT2D eigenvalue weighted by atomic mass is 16.3. The minimum atomic E-state index is -0.295. The maximum absolute atomic E-state index is 7.42. The minimum Gasteiger partial charge on any atom is -0.456 e. The fourth-order valence-corrected chi connectivity index (χ4v) is 14.2. The van der Waals surface area contributed by atoms with E-state index in [-0.39, 0.29) is 28.5 Å². The number of nitrogens with zero attached hydrogens (tertiary/aromatic N) is 4. The second-order valence-electron chi connectivity index (χ2n) is 26.2. The average Bonchev–Trinajstić information content (AvgIpc) is 1.80. The van der Waals surface area contributed by atoms with Crippen molar-refractivity contribution >= 4 is 106 Å². The van der Waals surface area contributed by atoms with Crippen LogP contribution >= 0.6 is 0 Å². The van der Waals surface area contributed by atoms with Crippen molar-refractivity contribution in [1.82, 2.24) is 14.1 Å². The van der Waals surface area contributed by atoms with Gasteiger partial charge in [-0.3, -0.25) is 4.57 Å². The number of para-hydroxylation sites is 2. The molecule has 0 fully saturated rings. The molecule has 9 aromatic carbocycles. The predicted molar refractivity (Wildman–Crippen MR) is 327 cm³/mol. The third-order valence-electron chi connectivity index (χ3n) is 18.4. The van der Waals surface area contributed by atoms with Crippen LogP contribution in [0.3, 0.4) is 0 Å². The molecule has 0 bridgehead atoms. The van der Waals surface area contributed by atoms with Gasteiger partial charge in [0.25, 0.3) is 0 Å². The fraction of sp³-hybridized carbons (Fsp3) is 0.225. The van der Waals surface area contributed by atoms with E-state index in [0.29, 0.717) is 0 Å². The molecule has 0 unspecified atom stereocenters. The number of furan rings is 2. The lowest BCUT2D eigenvalue weighted by molar-refractivity contribution is 0.332. The number of imidazole rings is 1. The van der Waals surface area contributed by atoms with E-state index in [1.807, 2.05) is 0 Å². The summed E-state index contributed by atoms with van der Waals surface area (Å²) < 4.78 is 19.6. The van der Waals surface area contributed by atoms with E-state index in [0.717, 1.165) is 113 Å². The SMILES string of the molecule is CC(C)(C)c1ccc(N2B3c4cc5nc(-c6ccccc6)n(-c6ccccc6)c5cc4-n4c5ccc(C(C)(C)C)cc5c5c6c(oc7ccccc76)c(c3c54)-c3cc4oc5cc6c(cc5c4cc32)C(C)(C)CCC6(C)C)cc1. The number of hydrogen-bond donors (Lipinski definition) is 0. The van der Waals surface area contributed by atoms with Gasteiger partial charge in [0.2, 0.25) is 0 Å². The van der Waals surface area contributed by atoms with E-state index in [2.05, 4.69) is 247 Å². The first-order valence-corrected chi connectivity index (χ1v) is 28.0. The number of benzene rings is 9. The molecule has 0 saturated heterocycles. The second-order valence-corrected chi connectivity index (χ2v) is 26.2. The summed E-state index contributed by atoms with van der Waals surface area (Å²) in [5.41, 5.74) is 23.5. The minimum absolute atomic E-state index is 0.0305. The van der Waals surface area contributed by atoms with Crippen molar-refractivity contribution in [2.45, 2.75) is 104 Å². The highest BCUT2D eigenvalue weighted by molar-refractivity contribution is 6.94. The van der Waals surface area contributed by atoms with Crippen LogP contribution in [0.1, 0.15) is 104 Å². The second kappa shape index (κ2) is 15.3. The van der Waals surface area contributed by atoms with Gasteiger partial charge in [-0.15, -0.1) is 0 Å².